The maximum Gasteiger partial charge on any atom is 0.125 e. The molecule has 0 radical (unpaired) electrons. The summed E-state index contributed by atoms with van der Waals surface area (Å²) in [5.74, 6) is 2.18. The van der Waals surface area contributed by atoms with E-state index >= 15 is 0 Å². The molecule has 4 aliphatic rings. The molecule has 0 amide bonds. The summed E-state index contributed by atoms with van der Waals surface area (Å²) in [4.78, 5) is 22.0. The molecule has 1 aromatic heterocycles. The zero-order valence-electron chi connectivity index (χ0n) is 22.1. The molecule has 39 heavy (non-hydrogen) atoms. The standard InChI is InChI=1S/C31H35N7O/c32-30-29-28(23-7-6-22-8-9-26(34-27(22)20-23)21-4-2-1-3-5-21)35-31(38(29)11-10-33-30)24-18-25(19-24)37-14-12-36(13-15-37)16-17-39/h1-11,20,24-25,28-29,39H,12-19H2,(H2,32,33)/t24-,25+,28?,29?. The van der Waals surface area contributed by atoms with E-state index in [0.717, 1.165) is 79.1 Å². The third-order valence-corrected chi connectivity index (χ3v) is 8.83. The average molecular weight is 522 g/mol. The fourth-order valence-electron chi connectivity index (χ4n) is 6.57. The zero-order chi connectivity index (χ0) is 26.3. The Balaban J connectivity index is 1.13. The number of β-amino-alcohol motifs (C(OH)–C–C–N with tert-alkyl or cyclic N) is 1. The van der Waals surface area contributed by atoms with Crippen LogP contribution in [-0.4, -0.2) is 87.9 Å². The topological polar surface area (TPSA) is 93.6 Å². The molecule has 1 saturated carbocycles. The minimum atomic E-state index is -0.110. The highest BCUT2D eigenvalue weighted by Gasteiger charge is 2.46. The van der Waals surface area contributed by atoms with Crippen LogP contribution in [0.4, 0.5) is 0 Å². The fraction of sp³-hybridized carbons (Fsp3) is 0.387. The molecule has 2 atom stereocenters. The van der Waals surface area contributed by atoms with E-state index < -0.39 is 0 Å². The number of aliphatic hydroxyl groups is 1. The number of aliphatic hydroxyl groups excluding tert-OH is 1. The summed E-state index contributed by atoms with van der Waals surface area (Å²) < 4.78 is 0. The van der Waals surface area contributed by atoms with Gasteiger partial charge in [0.2, 0.25) is 0 Å². The van der Waals surface area contributed by atoms with E-state index in [1.165, 1.54) is 0 Å². The van der Waals surface area contributed by atoms with E-state index in [9.17, 15) is 5.11 Å². The largest absolute Gasteiger partial charge is 0.395 e. The molecular formula is C31H35N7O. The Morgan fingerprint density at radius 1 is 0.949 bits per heavy atom. The lowest BCUT2D eigenvalue weighted by molar-refractivity contribution is 0.0417. The van der Waals surface area contributed by atoms with Crippen molar-refractivity contribution < 1.29 is 5.11 Å². The van der Waals surface area contributed by atoms with Crippen LogP contribution in [0.3, 0.4) is 0 Å². The first-order valence-electron chi connectivity index (χ1n) is 14.1. The van der Waals surface area contributed by atoms with E-state index in [4.69, 9.17) is 15.7 Å². The third-order valence-electron chi connectivity index (χ3n) is 8.83. The summed E-state index contributed by atoms with van der Waals surface area (Å²) in [6.07, 6.45) is 6.10. The van der Waals surface area contributed by atoms with Gasteiger partial charge >= 0.3 is 0 Å². The molecule has 7 rings (SSSR count). The van der Waals surface area contributed by atoms with Gasteiger partial charge in [-0.15, -0.1) is 0 Å². The lowest BCUT2D eigenvalue weighted by Gasteiger charge is -2.47. The van der Waals surface area contributed by atoms with Crippen LogP contribution in [0.2, 0.25) is 0 Å². The number of aromatic nitrogens is 1. The van der Waals surface area contributed by atoms with Crippen molar-refractivity contribution in [3.63, 3.8) is 0 Å². The Morgan fingerprint density at radius 2 is 1.74 bits per heavy atom. The maximum absolute atomic E-state index is 9.24. The predicted octanol–water partition coefficient (Wildman–Crippen LogP) is 3.26. The Labute approximate surface area is 229 Å². The minimum absolute atomic E-state index is 0.0965. The SMILES string of the molecule is NC1=NC=CN2C([C@H]3C[C@@H](N4CCN(CCO)CC4)C3)=NC(c3ccc4ccc(-c5ccccc5)nc4c3)C12. The molecule has 8 nitrogen and oxygen atoms in total. The van der Waals surface area contributed by atoms with Gasteiger partial charge in [0.1, 0.15) is 23.8 Å². The van der Waals surface area contributed by atoms with E-state index in [1.807, 2.05) is 24.4 Å². The number of aliphatic imine (C=N–C) groups is 2. The summed E-state index contributed by atoms with van der Waals surface area (Å²) in [7, 11) is 0. The third kappa shape index (κ3) is 4.52. The van der Waals surface area contributed by atoms with Crippen LogP contribution >= 0.6 is 0 Å². The number of fused-ring (bicyclic) bond motifs is 2. The molecule has 4 heterocycles. The molecule has 2 fully saturated rings. The van der Waals surface area contributed by atoms with Crippen LogP contribution in [-0.2, 0) is 0 Å². The second-order valence-corrected chi connectivity index (χ2v) is 11.1. The van der Waals surface area contributed by atoms with Gasteiger partial charge in [-0.05, 0) is 30.5 Å². The lowest BCUT2D eigenvalue weighted by atomic mass is 9.77. The number of hydrogen-bond acceptors (Lipinski definition) is 8. The second-order valence-electron chi connectivity index (χ2n) is 11.1. The van der Waals surface area contributed by atoms with Gasteiger partial charge in [-0.1, -0.05) is 48.5 Å². The summed E-state index contributed by atoms with van der Waals surface area (Å²) in [6, 6.07) is 21.4. The van der Waals surface area contributed by atoms with Crippen LogP contribution in [0.15, 0.2) is 83.0 Å². The van der Waals surface area contributed by atoms with Crippen molar-refractivity contribution in [1.29, 1.82) is 0 Å². The van der Waals surface area contributed by atoms with Gasteiger partial charge < -0.3 is 15.7 Å². The van der Waals surface area contributed by atoms with Crippen LogP contribution in [0.25, 0.3) is 22.2 Å². The van der Waals surface area contributed by atoms with Crippen LogP contribution < -0.4 is 5.73 Å². The van der Waals surface area contributed by atoms with E-state index in [-0.39, 0.29) is 18.7 Å². The van der Waals surface area contributed by atoms with Crippen molar-refractivity contribution in [2.45, 2.75) is 31.0 Å². The molecule has 1 aliphatic carbocycles. The number of benzene rings is 2. The summed E-state index contributed by atoms with van der Waals surface area (Å²) in [5, 5.41) is 10.4. The van der Waals surface area contributed by atoms with E-state index in [1.54, 1.807) is 6.20 Å². The maximum atomic E-state index is 9.24. The summed E-state index contributed by atoms with van der Waals surface area (Å²) in [6.45, 7) is 5.25. The van der Waals surface area contributed by atoms with Crippen molar-refractivity contribution in [2.75, 3.05) is 39.3 Å². The van der Waals surface area contributed by atoms with Gasteiger partial charge in [0, 0.05) is 68.0 Å². The number of amidine groups is 2. The molecule has 0 spiro atoms. The summed E-state index contributed by atoms with van der Waals surface area (Å²) >= 11 is 0. The molecule has 0 bridgehead atoms. The molecule has 3 N–H and O–H groups in total. The Bertz CT molecular complexity index is 1440. The zero-order valence-corrected chi connectivity index (χ0v) is 22.1. The molecule has 1 saturated heterocycles. The molecule has 200 valence electrons. The highest BCUT2D eigenvalue weighted by Crippen LogP contribution is 2.42. The van der Waals surface area contributed by atoms with Crippen molar-refractivity contribution in [1.82, 2.24) is 19.7 Å². The van der Waals surface area contributed by atoms with Crippen molar-refractivity contribution in [2.24, 2.45) is 21.6 Å². The minimum Gasteiger partial charge on any atom is -0.395 e. The summed E-state index contributed by atoms with van der Waals surface area (Å²) in [5.41, 5.74) is 10.7. The first-order valence-corrected chi connectivity index (χ1v) is 14.1. The molecular weight excluding hydrogens is 486 g/mol. The molecule has 3 aromatic rings. The monoisotopic (exact) mass is 521 g/mol. The molecule has 2 aromatic carbocycles. The molecule has 3 aliphatic heterocycles. The normalized spacial score (nSPS) is 27.3. The van der Waals surface area contributed by atoms with Gasteiger partial charge in [0.15, 0.2) is 0 Å². The number of nitrogens with zero attached hydrogens (tertiary/aromatic N) is 6. The molecule has 2 unspecified atom stereocenters. The van der Waals surface area contributed by atoms with Crippen LogP contribution in [0, 0.1) is 5.92 Å². The second kappa shape index (κ2) is 10.2. The van der Waals surface area contributed by atoms with Gasteiger partial charge in [-0.2, -0.15) is 0 Å². The average Bonchev–Trinajstić information content (AvgIpc) is 3.34. The number of pyridine rings is 1. The fourth-order valence-corrected chi connectivity index (χ4v) is 6.57. The van der Waals surface area contributed by atoms with Crippen LogP contribution in [0.5, 0.6) is 0 Å². The number of hydrogen-bond donors (Lipinski definition) is 2. The quantitative estimate of drug-likeness (QED) is 0.517. The van der Waals surface area contributed by atoms with E-state index in [0.29, 0.717) is 17.8 Å². The predicted molar refractivity (Wildman–Crippen MR) is 155 cm³/mol. The highest BCUT2D eigenvalue weighted by molar-refractivity contribution is 5.99. The Morgan fingerprint density at radius 3 is 2.54 bits per heavy atom. The lowest BCUT2D eigenvalue weighted by Crippen LogP contribution is -2.56. The highest BCUT2D eigenvalue weighted by atomic mass is 16.3. The number of rotatable bonds is 6. The van der Waals surface area contributed by atoms with Crippen molar-refractivity contribution >= 4 is 22.6 Å². The van der Waals surface area contributed by atoms with Gasteiger partial charge in [0.25, 0.3) is 0 Å². The van der Waals surface area contributed by atoms with Crippen molar-refractivity contribution in [3.05, 3.63) is 78.6 Å². The van der Waals surface area contributed by atoms with Gasteiger partial charge in [0.05, 0.1) is 17.8 Å². The number of nitrogens with two attached hydrogens (primary N) is 1. The Hall–Kier alpha value is -3.59. The van der Waals surface area contributed by atoms with Gasteiger partial charge in [-0.3, -0.25) is 14.8 Å². The van der Waals surface area contributed by atoms with E-state index in [2.05, 4.69) is 62.2 Å². The first-order chi connectivity index (χ1) is 19.2. The smallest absolute Gasteiger partial charge is 0.125 e. The van der Waals surface area contributed by atoms with Crippen molar-refractivity contribution in [3.8, 4) is 11.3 Å². The number of piperazine rings is 1. The molecule has 8 heteroatoms. The van der Waals surface area contributed by atoms with Gasteiger partial charge in [-0.25, -0.2) is 9.98 Å². The first kappa shape index (κ1) is 24.5. The van der Waals surface area contributed by atoms with Crippen LogP contribution in [0.1, 0.15) is 24.4 Å². The Kier molecular flexibility index (Phi) is 6.39.